The first-order valence-corrected chi connectivity index (χ1v) is 20.2. The molecule has 0 aliphatic heterocycles. The molecule has 1 aliphatic carbocycles. The molecule has 0 unspecified atom stereocenters. The second-order valence-electron chi connectivity index (χ2n) is 13.6. The molecule has 3 heterocycles. The van der Waals surface area contributed by atoms with Gasteiger partial charge in [-0.2, -0.15) is 0 Å². The van der Waals surface area contributed by atoms with Crippen molar-refractivity contribution in [3.63, 3.8) is 0 Å². The number of nitrogens with zero attached hydrogens (tertiary/aromatic N) is 1. The number of unbranched alkanes of at least 4 members (excludes halogenated alkanes) is 1. The number of halogens is 2. The monoisotopic (exact) mass is 815 g/mol. The Morgan fingerprint density at radius 2 is 1.75 bits per heavy atom. The standard InChI is InChI=1S/C40H46ClN3O8S2.FH/c1-44(39(16-4-3-5-17-39)52-38(48)40(49,34-10-8-20-53-34)35-11-9-21-54-35)18-6-7-19-51-33-23-32(50-2)26(22-29(33)41)24-42-25-31(46)27-12-14-30(45)37-28(27)13-15-36(47)43-37;/h8-15,20-23,31,42,45-46,49H,3-7,16-19,24-25H2,1-2H3,(H,43,47);1H/t31-;/m1./s1. The predicted molar refractivity (Wildman–Crippen MR) is 214 cm³/mol. The third kappa shape index (κ3) is 9.34. The molecule has 11 nitrogen and oxygen atoms in total. The van der Waals surface area contributed by atoms with Crippen molar-refractivity contribution >= 4 is 51.1 Å². The number of esters is 1. The number of hydrogen-bond donors (Lipinski definition) is 5. The van der Waals surface area contributed by atoms with E-state index in [0.29, 0.717) is 69.8 Å². The molecule has 1 saturated carbocycles. The summed E-state index contributed by atoms with van der Waals surface area (Å²) in [5.41, 5.74) is -1.39. The predicted octanol–water partition coefficient (Wildman–Crippen LogP) is 7.22. The number of carbonyl (C=O) groups is 1. The van der Waals surface area contributed by atoms with Crippen LogP contribution >= 0.6 is 34.3 Å². The van der Waals surface area contributed by atoms with E-state index in [1.807, 2.05) is 29.9 Å². The summed E-state index contributed by atoms with van der Waals surface area (Å²) in [5.74, 6) is 0.359. The van der Waals surface area contributed by atoms with E-state index in [1.165, 1.54) is 34.8 Å². The van der Waals surface area contributed by atoms with Gasteiger partial charge in [-0.3, -0.25) is 14.4 Å². The van der Waals surface area contributed by atoms with Crippen LogP contribution in [0.3, 0.4) is 0 Å². The first-order chi connectivity index (χ1) is 26.1. The quantitative estimate of drug-likeness (QED) is 0.0369. The third-order valence-corrected chi connectivity index (χ3v) is 12.3. The van der Waals surface area contributed by atoms with E-state index in [0.717, 1.165) is 37.7 Å². The van der Waals surface area contributed by atoms with Gasteiger partial charge in [0.05, 0.1) is 40.1 Å². The SMILES string of the molecule is COc1cc(OCCCCN(C)C2(OC(=O)C(O)(c3cccs3)c3cccs3)CCCCC2)c(Cl)cc1CNC[C@@H](O)c1ccc(O)c2[nH]c(=O)ccc12.F. The molecule has 6 rings (SSSR count). The van der Waals surface area contributed by atoms with Gasteiger partial charge in [-0.1, -0.05) is 36.2 Å². The van der Waals surface area contributed by atoms with Crippen LogP contribution in [0.25, 0.3) is 10.9 Å². The van der Waals surface area contributed by atoms with Gasteiger partial charge in [0.1, 0.15) is 17.2 Å². The zero-order valence-electron chi connectivity index (χ0n) is 30.7. The van der Waals surface area contributed by atoms with Gasteiger partial charge >= 0.3 is 5.97 Å². The lowest BCUT2D eigenvalue weighted by Gasteiger charge is -2.45. The second kappa shape index (κ2) is 18.7. The summed E-state index contributed by atoms with van der Waals surface area (Å²) in [6.45, 7) is 1.62. The van der Waals surface area contributed by atoms with Gasteiger partial charge < -0.3 is 39.8 Å². The fraction of sp³-hybridized carbons (Fsp3) is 0.400. The van der Waals surface area contributed by atoms with Crippen LogP contribution in [0.5, 0.6) is 17.2 Å². The van der Waals surface area contributed by atoms with Gasteiger partial charge in [-0.25, -0.2) is 4.79 Å². The van der Waals surface area contributed by atoms with Crippen LogP contribution in [-0.2, 0) is 21.7 Å². The Morgan fingerprint density at radius 3 is 2.40 bits per heavy atom. The highest BCUT2D eigenvalue weighted by atomic mass is 35.5. The molecule has 0 bridgehead atoms. The van der Waals surface area contributed by atoms with Crippen molar-refractivity contribution in [2.75, 3.05) is 33.9 Å². The molecule has 0 spiro atoms. The summed E-state index contributed by atoms with van der Waals surface area (Å²) in [7, 11) is 3.55. The number of aromatic hydroxyl groups is 1. The number of ether oxygens (including phenoxy) is 3. The molecular formula is C40H47ClFN3O8S2. The zero-order chi connectivity index (χ0) is 38.3. The summed E-state index contributed by atoms with van der Waals surface area (Å²) in [5, 5.41) is 40.9. The number of pyridine rings is 1. The number of thiophene rings is 2. The number of rotatable bonds is 17. The highest BCUT2D eigenvalue weighted by Crippen LogP contribution is 2.41. The molecule has 5 aromatic rings. The highest BCUT2D eigenvalue weighted by molar-refractivity contribution is 7.12. The number of nitrogens with one attached hydrogen (secondary N) is 2. The average molecular weight is 816 g/mol. The summed E-state index contributed by atoms with van der Waals surface area (Å²) in [4.78, 5) is 31.5. The lowest BCUT2D eigenvalue weighted by Crippen LogP contribution is -2.54. The molecule has 55 heavy (non-hydrogen) atoms. The topological polar surface area (TPSA) is 154 Å². The Balaban J connectivity index is 0.00000580. The maximum absolute atomic E-state index is 13.9. The van der Waals surface area contributed by atoms with E-state index in [1.54, 1.807) is 43.5 Å². The Hall–Kier alpha value is -4.02. The van der Waals surface area contributed by atoms with E-state index < -0.39 is 23.4 Å². The molecule has 1 fully saturated rings. The van der Waals surface area contributed by atoms with Gasteiger partial charge in [-0.15, -0.1) is 22.7 Å². The second-order valence-corrected chi connectivity index (χ2v) is 15.9. The lowest BCUT2D eigenvalue weighted by molar-refractivity contribution is -0.206. The molecule has 15 heteroatoms. The minimum atomic E-state index is -1.86. The molecule has 0 amide bonds. The number of aromatic amines is 1. The number of methoxy groups -OCH3 is 1. The number of aliphatic hydroxyl groups is 2. The van der Waals surface area contributed by atoms with E-state index in [9.17, 15) is 24.9 Å². The van der Waals surface area contributed by atoms with Crippen LogP contribution in [0, 0.1) is 0 Å². The zero-order valence-corrected chi connectivity index (χ0v) is 33.1. The number of aromatic nitrogens is 1. The summed E-state index contributed by atoms with van der Waals surface area (Å²) >= 11 is 9.32. The average Bonchev–Trinajstić information content (AvgIpc) is 3.92. The van der Waals surface area contributed by atoms with E-state index in [2.05, 4.69) is 15.2 Å². The summed E-state index contributed by atoms with van der Waals surface area (Å²) in [6.07, 6.45) is 4.92. The fourth-order valence-electron chi connectivity index (χ4n) is 7.06. The fourth-order valence-corrected chi connectivity index (χ4v) is 9.01. The number of phenolic OH excluding ortho intramolecular Hbond substituents is 1. The van der Waals surface area contributed by atoms with Crippen molar-refractivity contribution in [2.24, 2.45) is 0 Å². The summed E-state index contributed by atoms with van der Waals surface area (Å²) < 4.78 is 18.1. The van der Waals surface area contributed by atoms with Crippen molar-refractivity contribution in [3.05, 3.63) is 108 Å². The van der Waals surface area contributed by atoms with Crippen LogP contribution in [0.1, 0.15) is 71.9 Å². The van der Waals surface area contributed by atoms with Gasteiger partial charge in [-0.05, 0) is 79.4 Å². The van der Waals surface area contributed by atoms with Crippen molar-refractivity contribution in [3.8, 4) is 17.2 Å². The maximum Gasteiger partial charge on any atom is 0.351 e. The maximum atomic E-state index is 13.9. The Labute approximate surface area is 331 Å². The molecule has 0 saturated heterocycles. The minimum absolute atomic E-state index is 0. The number of carbonyl (C=O) groups excluding carboxylic acids is 1. The van der Waals surface area contributed by atoms with Gasteiger partial charge in [0.25, 0.3) is 0 Å². The number of fused-ring (bicyclic) bond motifs is 1. The molecule has 5 N–H and O–H groups in total. The highest BCUT2D eigenvalue weighted by Gasteiger charge is 2.49. The third-order valence-electron chi connectivity index (χ3n) is 10.1. The van der Waals surface area contributed by atoms with Gasteiger partial charge in [0, 0.05) is 55.6 Å². The Morgan fingerprint density at radius 1 is 1.04 bits per heavy atom. The van der Waals surface area contributed by atoms with Crippen molar-refractivity contribution < 1.29 is 39.0 Å². The van der Waals surface area contributed by atoms with Crippen LogP contribution in [0.4, 0.5) is 4.70 Å². The van der Waals surface area contributed by atoms with Crippen LogP contribution in [0.2, 0.25) is 5.02 Å². The molecule has 296 valence electrons. The number of H-pyrrole nitrogens is 1. The van der Waals surface area contributed by atoms with Gasteiger partial charge in [0.15, 0.2) is 5.72 Å². The van der Waals surface area contributed by atoms with Crippen molar-refractivity contribution in [1.29, 1.82) is 0 Å². The molecule has 0 radical (unpaired) electrons. The Bertz CT molecular complexity index is 2040. The summed E-state index contributed by atoms with van der Waals surface area (Å²) in [6, 6.07) is 16.7. The van der Waals surface area contributed by atoms with Crippen molar-refractivity contribution in [1.82, 2.24) is 15.2 Å². The smallest absolute Gasteiger partial charge is 0.351 e. The van der Waals surface area contributed by atoms with Crippen LogP contribution in [0.15, 0.2) is 76.2 Å². The minimum Gasteiger partial charge on any atom is -0.506 e. The van der Waals surface area contributed by atoms with Crippen LogP contribution < -0.4 is 20.3 Å². The number of aliphatic hydroxyl groups excluding tert-OH is 1. The lowest BCUT2D eigenvalue weighted by atomic mass is 9.89. The van der Waals surface area contributed by atoms with Crippen LogP contribution in [-0.4, -0.2) is 70.8 Å². The normalized spacial score (nSPS) is 14.7. The molecule has 3 aromatic heterocycles. The van der Waals surface area contributed by atoms with E-state index >= 15 is 0 Å². The largest absolute Gasteiger partial charge is 0.506 e. The number of benzene rings is 2. The van der Waals surface area contributed by atoms with Gasteiger partial charge in [0.2, 0.25) is 11.2 Å². The first-order valence-electron chi connectivity index (χ1n) is 18.0. The molecule has 2 aromatic carbocycles. The Kier molecular flexibility index (Phi) is 14.4. The van der Waals surface area contributed by atoms with Crippen molar-refractivity contribution in [2.45, 2.75) is 68.9 Å². The van der Waals surface area contributed by atoms with E-state index in [4.69, 9.17) is 25.8 Å². The molecule has 1 aliphatic rings. The number of phenols is 1. The molecular weight excluding hydrogens is 769 g/mol. The van der Waals surface area contributed by atoms with E-state index in [-0.39, 0.29) is 28.1 Å². The number of hydrogen-bond acceptors (Lipinski definition) is 12. The first kappa shape index (κ1) is 42.1. The molecule has 1 atom stereocenters.